The smallest absolute Gasteiger partial charge is 0.251 e. The van der Waals surface area contributed by atoms with E-state index in [0.717, 1.165) is 10.9 Å². The summed E-state index contributed by atoms with van der Waals surface area (Å²) in [5.41, 5.74) is 2.13. The van der Waals surface area contributed by atoms with Crippen LogP contribution < -0.4 is 20.3 Å². The van der Waals surface area contributed by atoms with Crippen LogP contribution in [0, 0.1) is 0 Å². The van der Waals surface area contributed by atoms with E-state index in [1.54, 1.807) is 6.07 Å². The highest BCUT2D eigenvalue weighted by atomic mass is 16.6. The zero-order valence-corrected chi connectivity index (χ0v) is 15.7. The lowest BCUT2D eigenvalue weighted by atomic mass is 10.1. The van der Waals surface area contributed by atoms with Crippen molar-refractivity contribution in [3.05, 3.63) is 70.0 Å². The van der Waals surface area contributed by atoms with Crippen LogP contribution in [0.15, 0.2) is 53.3 Å². The van der Waals surface area contributed by atoms with Crippen LogP contribution in [0.4, 0.5) is 0 Å². The molecule has 0 fully saturated rings. The van der Waals surface area contributed by atoms with E-state index in [1.165, 1.54) is 0 Å². The van der Waals surface area contributed by atoms with Gasteiger partial charge in [0.15, 0.2) is 11.5 Å². The number of benzene rings is 2. The number of nitrogens with one attached hydrogen (secondary N) is 2. The van der Waals surface area contributed by atoms with Gasteiger partial charge >= 0.3 is 0 Å². The standard InChI is InChI=1S/C22H22N2O4/c1-14(15-5-3-2-4-6-15)23-21(25)8-7-16-11-17-12-19-20(28-10-9-27-19)13-18(17)24-22(16)26/h2-6,11-14H,7-10H2,1H3,(H,23,25)(H,24,26). The molecule has 6 nitrogen and oxygen atoms in total. The third-order valence-corrected chi connectivity index (χ3v) is 4.88. The van der Waals surface area contributed by atoms with E-state index in [1.807, 2.05) is 49.4 Å². The first-order valence-electron chi connectivity index (χ1n) is 9.40. The molecule has 3 aromatic rings. The highest BCUT2D eigenvalue weighted by Gasteiger charge is 2.15. The summed E-state index contributed by atoms with van der Waals surface area (Å²) in [6.45, 7) is 2.95. The number of aromatic nitrogens is 1. The lowest BCUT2D eigenvalue weighted by Gasteiger charge is -2.19. The predicted molar refractivity (Wildman–Crippen MR) is 107 cm³/mol. The van der Waals surface area contributed by atoms with Crippen molar-refractivity contribution in [1.29, 1.82) is 0 Å². The van der Waals surface area contributed by atoms with Gasteiger partial charge in [-0.15, -0.1) is 0 Å². The predicted octanol–water partition coefficient (Wildman–Crippen LogP) is 3.11. The molecule has 2 heterocycles. The molecule has 2 aromatic carbocycles. The van der Waals surface area contributed by atoms with Gasteiger partial charge in [0.2, 0.25) is 5.91 Å². The van der Waals surface area contributed by atoms with Crippen molar-refractivity contribution in [3.8, 4) is 11.5 Å². The molecule has 0 spiro atoms. The second-order valence-electron chi connectivity index (χ2n) is 6.91. The van der Waals surface area contributed by atoms with Gasteiger partial charge in [0.05, 0.1) is 11.6 Å². The largest absolute Gasteiger partial charge is 0.486 e. The fourth-order valence-corrected chi connectivity index (χ4v) is 3.36. The van der Waals surface area contributed by atoms with Gasteiger partial charge in [0, 0.05) is 23.4 Å². The van der Waals surface area contributed by atoms with Crippen molar-refractivity contribution in [2.24, 2.45) is 0 Å². The van der Waals surface area contributed by atoms with Crippen LogP contribution >= 0.6 is 0 Å². The number of carbonyl (C=O) groups is 1. The van der Waals surface area contributed by atoms with Crippen molar-refractivity contribution in [2.45, 2.75) is 25.8 Å². The third kappa shape index (κ3) is 3.86. The van der Waals surface area contributed by atoms with E-state index in [2.05, 4.69) is 10.3 Å². The molecular formula is C22H22N2O4. The minimum absolute atomic E-state index is 0.0766. The molecule has 1 aromatic heterocycles. The molecule has 1 aliphatic heterocycles. The molecule has 0 saturated carbocycles. The molecule has 1 aliphatic rings. The summed E-state index contributed by atoms with van der Waals surface area (Å²) < 4.78 is 11.2. The number of amides is 1. The van der Waals surface area contributed by atoms with Crippen LogP contribution in [-0.2, 0) is 11.2 Å². The first-order valence-corrected chi connectivity index (χ1v) is 9.40. The number of pyridine rings is 1. The molecule has 0 radical (unpaired) electrons. The van der Waals surface area contributed by atoms with Crippen LogP contribution in [0.5, 0.6) is 11.5 Å². The lowest BCUT2D eigenvalue weighted by molar-refractivity contribution is -0.121. The Kier molecular flexibility index (Phi) is 5.02. The molecule has 0 aliphatic carbocycles. The number of aryl methyl sites for hydroxylation is 1. The van der Waals surface area contributed by atoms with Crippen LogP contribution in [0.1, 0.15) is 30.5 Å². The fourth-order valence-electron chi connectivity index (χ4n) is 3.36. The summed E-state index contributed by atoms with van der Waals surface area (Å²) in [6, 6.07) is 15.2. The summed E-state index contributed by atoms with van der Waals surface area (Å²) >= 11 is 0. The molecule has 4 rings (SSSR count). The summed E-state index contributed by atoms with van der Waals surface area (Å²) in [5.74, 6) is 1.22. The maximum atomic E-state index is 12.4. The van der Waals surface area contributed by atoms with E-state index in [4.69, 9.17) is 9.47 Å². The van der Waals surface area contributed by atoms with Gasteiger partial charge in [0.1, 0.15) is 13.2 Å². The SMILES string of the molecule is CC(NC(=O)CCc1cc2cc3c(cc2[nH]c1=O)OCCO3)c1ccccc1. The van der Waals surface area contributed by atoms with Crippen molar-refractivity contribution in [1.82, 2.24) is 10.3 Å². The Morgan fingerprint density at radius 2 is 1.82 bits per heavy atom. The van der Waals surface area contributed by atoms with Crippen LogP contribution in [0.25, 0.3) is 10.9 Å². The molecule has 1 amide bonds. The summed E-state index contributed by atoms with van der Waals surface area (Å²) in [5, 5.41) is 3.83. The Hall–Kier alpha value is -3.28. The lowest BCUT2D eigenvalue weighted by Crippen LogP contribution is -2.27. The second-order valence-corrected chi connectivity index (χ2v) is 6.91. The number of aromatic amines is 1. The number of hydrogen-bond donors (Lipinski definition) is 2. The van der Waals surface area contributed by atoms with Crippen molar-refractivity contribution in [3.63, 3.8) is 0 Å². The minimum atomic E-state index is -0.187. The number of H-pyrrole nitrogens is 1. The van der Waals surface area contributed by atoms with Crippen LogP contribution in [0.3, 0.4) is 0 Å². The quantitative estimate of drug-likeness (QED) is 0.715. The van der Waals surface area contributed by atoms with Gasteiger partial charge in [-0.2, -0.15) is 0 Å². The van der Waals surface area contributed by atoms with E-state index in [-0.39, 0.29) is 23.9 Å². The van der Waals surface area contributed by atoms with E-state index < -0.39 is 0 Å². The topological polar surface area (TPSA) is 80.4 Å². The number of ether oxygens (including phenoxy) is 2. The normalized spacial score (nSPS) is 13.9. The summed E-state index contributed by atoms with van der Waals surface area (Å²) in [7, 11) is 0. The summed E-state index contributed by atoms with van der Waals surface area (Å²) in [4.78, 5) is 27.6. The Morgan fingerprint density at radius 1 is 1.11 bits per heavy atom. The monoisotopic (exact) mass is 378 g/mol. The minimum Gasteiger partial charge on any atom is -0.486 e. The zero-order chi connectivity index (χ0) is 19.5. The van der Waals surface area contributed by atoms with Gasteiger partial charge in [-0.05, 0) is 31.0 Å². The molecule has 1 unspecified atom stereocenters. The van der Waals surface area contributed by atoms with Crippen molar-refractivity contribution in [2.75, 3.05) is 13.2 Å². The maximum Gasteiger partial charge on any atom is 0.251 e. The maximum absolute atomic E-state index is 12.4. The molecule has 0 saturated heterocycles. The van der Waals surface area contributed by atoms with E-state index >= 15 is 0 Å². The number of fused-ring (bicyclic) bond motifs is 2. The molecule has 28 heavy (non-hydrogen) atoms. The van der Waals surface area contributed by atoms with Crippen molar-refractivity contribution < 1.29 is 14.3 Å². The Morgan fingerprint density at radius 3 is 2.57 bits per heavy atom. The van der Waals surface area contributed by atoms with Crippen molar-refractivity contribution >= 4 is 16.8 Å². The van der Waals surface area contributed by atoms with Crippen LogP contribution in [0.2, 0.25) is 0 Å². The average molecular weight is 378 g/mol. The molecule has 144 valence electrons. The summed E-state index contributed by atoms with van der Waals surface area (Å²) in [6.07, 6.45) is 0.614. The van der Waals surface area contributed by atoms with Gasteiger partial charge in [0.25, 0.3) is 5.56 Å². The van der Waals surface area contributed by atoms with Gasteiger partial charge in [-0.25, -0.2) is 0 Å². The number of carbonyl (C=O) groups excluding carboxylic acids is 1. The van der Waals surface area contributed by atoms with Gasteiger partial charge in [-0.3, -0.25) is 9.59 Å². The van der Waals surface area contributed by atoms with Gasteiger partial charge < -0.3 is 19.8 Å². The Bertz CT molecular complexity index is 1060. The van der Waals surface area contributed by atoms with E-state index in [0.29, 0.717) is 42.2 Å². The first kappa shape index (κ1) is 18.1. The fraction of sp³-hybridized carbons (Fsp3) is 0.273. The second kappa shape index (κ2) is 7.76. The molecule has 2 N–H and O–H groups in total. The Balaban J connectivity index is 1.46. The highest BCUT2D eigenvalue weighted by Crippen LogP contribution is 2.33. The van der Waals surface area contributed by atoms with Gasteiger partial charge in [-0.1, -0.05) is 30.3 Å². The highest BCUT2D eigenvalue weighted by molar-refractivity contribution is 5.83. The molecular weight excluding hydrogens is 356 g/mol. The number of hydrogen-bond acceptors (Lipinski definition) is 4. The molecule has 0 bridgehead atoms. The Labute approximate surface area is 162 Å². The molecule has 6 heteroatoms. The number of rotatable bonds is 5. The third-order valence-electron chi connectivity index (χ3n) is 4.88. The van der Waals surface area contributed by atoms with E-state index in [9.17, 15) is 9.59 Å². The first-order chi connectivity index (χ1) is 13.6. The molecule has 1 atom stereocenters. The van der Waals surface area contributed by atoms with Crippen LogP contribution in [-0.4, -0.2) is 24.1 Å². The average Bonchev–Trinajstić information content (AvgIpc) is 2.71. The zero-order valence-electron chi connectivity index (χ0n) is 15.7.